The van der Waals surface area contributed by atoms with E-state index in [4.69, 9.17) is 0 Å². The van der Waals surface area contributed by atoms with Crippen LogP contribution in [0.5, 0.6) is 0 Å². The van der Waals surface area contributed by atoms with E-state index in [0.717, 1.165) is 10.5 Å². The summed E-state index contributed by atoms with van der Waals surface area (Å²) in [6.45, 7) is 8.46. The van der Waals surface area contributed by atoms with Crippen molar-refractivity contribution in [3.63, 3.8) is 0 Å². The van der Waals surface area contributed by atoms with Gasteiger partial charge in [-0.1, -0.05) is 0 Å². The van der Waals surface area contributed by atoms with Crippen LogP contribution in [-0.2, 0) is 0 Å². The van der Waals surface area contributed by atoms with E-state index in [0.29, 0.717) is 0 Å². The molecule has 1 heterocycles. The van der Waals surface area contributed by atoms with Crippen LogP contribution in [0.4, 0.5) is 0 Å². The average Bonchev–Trinajstić information content (AvgIpc) is 2.78. The Kier molecular flexibility index (Phi) is 3.20. The topological polar surface area (TPSA) is 0 Å². The minimum absolute atomic E-state index is 1.16. The molecule has 1 fully saturated rings. The maximum atomic E-state index is 4.23. The van der Waals surface area contributed by atoms with Crippen molar-refractivity contribution >= 4 is 22.1 Å². The third-order valence-corrected chi connectivity index (χ3v) is 14.5. The Morgan fingerprint density at radius 2 is 1.00 bits per heavy atom. The molecule has 2 aromatic rings. The molecule has 19 heavy (non-hydrogen) atoms. The normalized spacial score (nSPS) is 17.7. The van der Waals surface area contributed by atoms with E-state index in [-0.39, 0.29) is 0 Å². The van der Waals surface area contributed by atoms with Gasteiger partial charge in [-0.2, -0.15) is 0 Å². The third kappa shape index (κ3) is 2.10. The Balaban J connectivity index is 2.18. The number of benzene rings is 2. The van der Waals surface area contributed by atoms with Crippen LogP contribution in [0.15, 0.2) is 85.0 Å². The molecule has 3 rings (SSSR count). The van der Waals surface area contributed by atoms with Gasteiger partial charge in [0, 0.05) is 0 Å². The first-order valence-electron chi connectivity index (χ1n) is 6.69. The molecular weight excluding hydrogens is 289 g/mol. The molecule has 0 N–H and O–H groups in total. The van der Waals surface area contributed by atoms with Gasteiger partial charge in [0.15, 0.2) is 0 Å². The van der Waals surface area contributed by atoms with E-state index in [1.165, 1.54) is 11.1 Å². The van der Waals surface area contributed by atoms with Crippen molar-refractivity contribution in [2.24, 2.45) is 0 Å². The van der Waals surface area contributed by atoms with Gasteiger partial charge in [-0.15, -0.1) is 0 Å². The molecule has 0 aromatic heterocycles. The Labute approximate surface area is 117 Å². The molecule has 0 bridgehead atoms. The molecule has 0 saturated carbocycles. The average molecular weight is 307 g/mol. The molecule has 94 valence electrons. The first-order chi connectivity index (χ1) is 9.22. The SMILES string of the molecule is C=C1[CH2][Ge]([c]2ccccc2)([c]2ccccc2)[CH2]C1=C. The molecule has 0 aliphatic carbocycles. The zero-order valence-corrected chi connectivity index (χ0v) is 13.2. The summed E-state index contributed by atoms with van der Waals surface area (Å²) in [5.41, 5.74) is 2.54. The second kappa shape index (κ2) is 4.86. The predicted octanol–water partition coefficient (Wildman–Crippen LogP) is 3.38. The molecule has 0 amide bonds. The summed E-state index contributed by atoms with van der Waals surface area (Å²) in [6.07, 6.45) is 0. The van der Waals surface area contributed by atoms with Gasteiger partial charge in [-0.05, 0) is 0 Å². The fraction of sp³-hybridized carbons (Fsp3) is 0.111. The molecule has 1 aliphatic heterocycles. The molecular formula is C18H18Ge. The van der Waals surface area contributed by atoms with Crippen LogP contribution < -0.4 is 8.79 Å². The van der Waals surface area contributed by atoms with Crippen LogP contribution in [0, 0.1) is 0 Å². The molecule has 1 saturated heterocycles. The summed E-state index contributed by atoms with van der Waals surface area (Å²) in [7, 11) is 0. The van der Waals surface area contributed by atoms with Gasteiger partial charge in [-0.3, -0.25) is 0 Å². The zero-order chi connectivity index (χ0) is 13.3. The van der Waals surface area contributed by atoms with Crippen LogP contribution in [0.1, 0.15) is 0 Å². The fourth-order valence-corrected chi connectivity index (χ4v) is 13.4. The van der Waals surface area contributed by atoms with Crippen molar-refractivity contribution < 1.29 is 0 Å². The van der Waals surface area contributed by atoms with Gasteiger partial charge in [0.05, 0.1) is 0 Å². The van der Waals surface area contributed by atoms with Crippen molar-refractivity contribution in [1.29, 1.82) is 0 Å². The van der Waals surface area contributed by atoms with Crippen molar-refractivity contribution in [3.8, 4) is 0 Å². The third-order valence-electron chi connectivity index (χ3n) is 4.18. The Bertz CT molecular complexity index is 553. The first kappa shape index (κ1) is 12.5. The molecule has 0 spiro atoms. The van der Waals surface area contributed by atoms with Gasteiger partial charge in [0.2, 0.25) is 0 Å². The summed E-state index contributed by atoms with van der Waals surface area (Å²) >= 11 is -2.32. The predicted molar refractivity (Wildman–Crippen MR) is 85.8 cm³/mol. The summed E-state index contributed by atoms with van der Waals surface area (Å²) in [4.78, 5) is 0. The van der Waals surface area contributed by atoms with E-state index in [1.54, 1.807) is 8.79 Å². The number of rotatable bonds is 2. The van der Waals surface area contributed by atoms with Crippen molar-refractivity contribution in [2.45, 2.75) is 10.5 Å². The van der Waals surface area contributed by atoms with Gasteiger partial charge >= 0.3 is 118 Å². The van der Waals surface area contributed by atoms with Crippen LogP contribution in [0.2, 0.25) is 10.5 Å². The standard InChI is InChI=1S/C18H18Ge/c1-15-13-19(14-16(15)2,17-9-5-3-6-10-17)18-11-7-4-8-12-18/h3-12H,1-2,13-14H2. The second-order valence-corrected chi connectivity index (χ2v) is 13.8. The van der Waals surface area contributed by atoms with E-state index in [9.17, 15) is 0 Å². The van der Waals surface area contributed by atoms with Crippen molar-refractivity contribution in [1.82, 2.24) is 0 Å². The first-order valence-corrected chi connectivity index (χ1v) is 11.8. The molecule has 0 radical (unpaired) electrons. The molecule has 0 nitrogen and oxygen atoms in total. The summed E-state index contributed by atoms with van der Waals surface area (Å²) in [5.74, 6) is 0. The van der Waals surface area contributed by atoms with E-state index < -0.39 is 13.3 Å². The van der Waals surface area contributed by atoms with E-state index in [2.05, 4.69) is 73.8 Å². The van der Waals surface area contributed by atoms with Gasteiger partial charge in [0.1, 0.15) is 0 Å². The molecule has 2 aromatic carbocycles. The Hall–Kier alpha value is -1.54. The molecule has 0 unspecified atom stereocenters. The number of allylic oxidation sites excluding steroid dienone is 2. The minimum atomic E-state index is -2.32. The van der Waals surface area contributed by atoms with Gasteiger partial charge < -0.3 is 0 Å². The fourth-order valence-electron chi connectivity index (χ4n) is 3.13. The maximum absolute atomic E-state index is 4.23. The van der Waals surface area contributed by atoms with Crippen LogP contribution in [-0.4, -0.2) is 13.3 Å². The Morgan fingerprint density at radius 1 is 0.632 bits per heavy atom. The van der Waals surface area contributed by atoms with Crippen molar-refractivity contribution in [3.05, 3.63) is 85.0 Å². The summed E-state index contributed by atoms with van der Waals surface area (Å²) < 4.78 is 3.10. The van der Waals surface area contributed by atoms with Crippen LogP contribution >= 0.6 is 0 Å². The number of hydrogen-bond donors (Lipinski definition) is 0. The molecule has 1 heteroatoms. The summed E-state index contributed by atoms with van der Waals surface area (Å²) in [6, 6.07) is 22.1. The molecule has 1 aliphatic rings. The summed E-state index contributed by atoms with van der Waals surface area (Å²) in [5, 5.41) is 2.32. The quantitative estimate of drug-likeness (QED) is 0.746. The van der Waals surface area contributed by atoms with Gasteiger partial charge in [-0.25, -0.2) is 0 Å². The van der Waals surface area contributed by atoms with Crippen LogP contribution in [0.3, 0.4) is 0 Å². The monoisotopic (exact) mass is 308 g/mol. The van der Waals surface area contributed by atoms with Gasteiger partial charge in [0.25, 0.3) is 0 Å². The van der Waals surface area contributed by atoms with E-state index in [1.807, 2.05) is 0 Å². The molecule has 0 atom stereocenters. The van der Waals surface area contributed by atoms with E-state index >= 15 is 0 Å². The Morgan fingerprint density at radius 3 is 1.37 bits per heavy atom. The van der Waals surface area contributed by atoms with Crippen molar-refractivity contribution in [2.75, 3.05) is 0 Å². The van der Waals surface area contributed by atoms with Crippen LogP contribution in [0.25, 0.3) is 0 Å². The second-order valence-electron chi connectivity index (χ2n) is 5.37. The zero-order valence-electron chi connectivity index (χ0n) is 11.1. The number of hydrogen-bond acceptors (Lipinski definition) is 0.